The number of nitrogens with one attached hydrogen (secondary N) is 1. The van der Waals surface area contributed by atoms with Crippen molar-refractivity contribution in [1.29, 1.82) is 0 Å². The summed E-state index contributed by atoms with van der Waals surface area (Å²) >= 11 is 0. The van der Waals surface area contributed by atoms with Crippen LogP contribution in [0.4, 0.5) is 4.79 Å². The van der Waals surface area contributed by atoms with Crippen molar-refractivity contribution in [2.45, 2.75) is 13.8 Å². The first kappa shape index (κ1) is 16.9. The van der Waals surface area contributed by atoms with Gasteiger partial charge in [-0.25, -0.2) is 4.79 Å². The van der Waals surface area contributed by atoms with Crippen molar-refractivity contribution in [1.82, 2.24) is 10.2 Å². The van der Waals surface area contributed by atoms with Gasteiger partial charge in [-0.05, 0) is 26.0 Å². The van der Waals surface area contributed by atoms with E-state index in [0.29, 0.717) is 43.5 Å². The van der Waals surface area contributed by atoms with Gasteiger partial charge in [-0.15, -0.1) is 0 Å². The van der Waals surface area contributed by atoms with Gasteiger partial charge in [0.15, 0.2) is 11.5 Å². The monoisotopic (exact) mass is 296 g/mol. The average molecular weight is 296 g/mol. The van der Waals surface area contributed by atoms with Crippen LogP contribution in [0.25, 0.3) is 0 Å². The summed E-state index contributed by atoms with van der Waals surface area (Å²) in [6, 6.07) is 5.34. The maximum Gasteiger partial charge on any atom is 0.317 e. The van der Waals surface area contributed by atoms with Crippen LogP contribution < -0.4 is 19.5 Å². The van der Waals surface area contributed by atoms with Crippen molar-refractivity contribution in [2.75, 3.05) is 40.5 Å². The van der Waals surface area contributed by atoms with Gasteiger partial charge >= 0.3 is 6.03 Å². The molecule has 0 saturated heterocycles. The van der Waals surface area contributed by atoms with Crippen LogP contribution in [0.5, 0.6) is 17.2 Å². The lowest BCUT2D eigenvalue weighted by Gasteiger charge is -2.19. The van der Waals surface area contributed by atoms with Crippen LogP contribution in [-0.4, -0.2) is 51.4 Å². The molecule has 0 bridgehead atoms. The fourth-order valence-electron chi connectivity index (χ4n) is 1.91. The predicted molar refractivity (Wildman–Crippen MR) is 81.4 cm³/mol. The summed E-state index contributed by atoms with van der Waals surface area (Å²) in [5.74, 6) is 1.76. The number of amides is 2. The fraction of sp³-hybridized carbons (Fsp3) is 0.533. The molecule has 118 valence electrons. The van der Waals surface area contributed by atoms with Gasteiger partial charge in [0.25, 0.3) is 0 Å². The number of carbonyl (C=O) groups excluding carboxylic acids is 1. The Morgan fingerprint density at radius 3 is 2.38 bits per heavy atom. The van der Waals surface area contributed by atoms with E-state index >= 15 is 0 Å². The number of methoxy groups -OCH3 is 2. The van der Waals surface area contributed by atoms with E-state index < -0.39 is 0 Å². The number of rotatable bonds is 8. The molecule has 1 rings (SSSR count). The Kier molecular flexibility index (Phi) is 7.21. The molecule has 2 amide bonds. The van der Waals surface area contributed by atoms with Crippen molar-refractivity contribution in [3.05, 3.63) is 18.2 Å². The zero-order valence-electron chi connectivity index (χ0n) is 13.1. The predicted octanol–water partition coefficient (Wildman–Crippen LogP) is 2.13. The second-order valence-electron chi connectivity index (χ2n) is 4.24. The van der Waals surface area contributed by atoms with E-state index in [1.54, 1.807) is 31.3 Å². The molecule has 1 aromatic rings. The number of hydrogen-bond donors (Lipinski definition) is 1. The first-order chi connectivity index (χ1) is 10.2. The number of para-hydroxylation sites is 1. The van der Waals surface area contributed by atoms with E-state index in [4.69, 9.17) is 14.2 Å². The molecule has 1 aromatic carbocycles. The Hall–Kier alpha value is -2.11. The molecule has 0 atom stereocenters. The third kappa shape index (κ3) is 4.73. The van der Waals surface area contributed by atoms with Crippen molar-refractivity contribution in [3.8, 4) is 17.2 Å². The molecule has 0 fully saturated rings. The molecule has 0 radical (unpaired) electrons. The zero-order valence-corrected chi connectivity index (χ0v) is 13.1. The third-order valence-electron chi connectivity index (χ3n) is 3.05. The second-order valence-corrected chi connectivity index (χ2v) is 4.24. The van der Waals surface area contributed by atoms with Gasteiger partial charge in [-0.3, -0.25) is 0 Å². The van der Waals surface area contributed by atoms with Crippen LogP contribution in [0.3, 0.4) is 0 Å². The minimum Gasteiger partial charge on any atom is -0.493 e. The van der Waals surface area contributed by atoms with Gasteiger partial charge in [0.1, 0.15) is 6.61 Å². The highest BCUT2D eigenvalue weighted by Gasteiger charge is 2.11. The largest absolute Gasteiger partial charge is 0.493 e. The molecular formula is C15H24N2O4. The summed E-state index contributed by atoms with van der Waals surface area (Å²) in [5.41, 5.74) is 0. The van der Waals surface area contributed by atoms with Crippen LogP contribution in [0.1, 0.15) is 13.8 Å². The van der Waals surface area contributed by atoms with Gasteiger partial charge in [0.2, 0.25) is 5.75 Å². The summed E-state index contributed by atoms with van der Waals surface area (Å²) in [4.78, 5) is 13.5. The summed E-state index contributed by atoms with van der Waals surface area (Å²) in [7, 11) is 3.14. The number of urea groups is 1. The molecule has 6 heteroatoms. The lowest BCUT2D eigenvalue weighted by molar-refractivity contribution is 0.199. The topological polar surface area (TPSA) is 60.0 Å². The quantitative estimate of drug-likeness (QED) is 0.747. The number of benzene rings is 1. The van der Waals surface area contributed by atoms with Gasteiger partial charge in [-0.1, -0.05) is 6.07 Å². The van der Waals surface area contributed by atoms with Gasteiger partial charge < -0.3 is 24.4 Å². The summed E-state index contributed by atoms with van der Waals surface area (Å²) in [6.07, 6.45) is 0. The van der Waals surface area contributed by atoms with Crippen molar-refractivity contribution in [3.63, 3.8) is 0 Å². The third-order valence-corrected chi connectivity index (χ3v) is 3.05. The van der Waals surface area contributed by atoms with Crippen LogP contribution in [-0.2, 0) is 0 Å². The maximum absolute atomic E-state index is 11.8. The van der Waals surface area contributed by atoms with Crippen LogP contribution in [0, 0.1) is 0 Å². The molecule has 0 aliphatic carbocycles. The normalized spacial score (nSPS) is 9.90. The highest BCUT2D eigenvalue weighted by molar-refractivity contribution is 5.74. The van der Waals surface area contributed by atoms with E-state index in [1.165, 1.54) is 0 Å². The molecule has 0 aliphatic rings. The number of nitrogens with zero attached hydrogens (tertiary/aromatic N) is 1. The minimum atomic E-state index is -0.0822. The smallest absolute Gasteiger partial charge is 0.317 e. The van der Waals surface area contributed by atoms with Gasteiger partial charge in [0.05, 0.1) is 20.8 Å². The van der Waals surface area contributed by atoms with Crippen molar-refractivity contribution < 1.29 is 19.0 Å². The number of hydrogen-bond acceptors (Lipinski definition) is 4. The molecular weight excluding hydrogens is 272 g/mol. The Morgan fingerprint density at radius 1 is 1.14 bits per heavy atom. The maximum atomic E-state index is 11.8. The van der Waals surface area contributed by atoms with Crippen LogP contribution >= 0.6 is 0 Å². The Labute approximate surface area is 126 Å². The fourth-order valence-corrected chi connectivity index (χ4v) is 1.91. The van der Waals surface area contributed by atoms with E-state index in [0.717, 1.165) is 0 Å². The van der Waals surface area contributed by atoms with Gasteiger partial charge in [-0.2, -0.15) is 0 Å². The highest BCUT2D eigenvalue weighted by atomic mass is 16.5. The Bertz CT molecular complexity index is 447. The van der Waals surface area contributed by atoms with Crippen molar-refractivity contribution >= 4 is 6.03 Å². The Balaban J connectivity index is 2.48. The molecule has 1 N–H and O–H groups in total. The molecule has 0 saturated carbocycles. The molecule has 0 unspecified atom stereocenters. The molecule has 0 aromatic heterocycles. The molecule has 0 spiro atoms. The van der Waals surface area contributed by atoms with Crippen molar-refractivity contribution in [2.24, 2.45) is 0 Å². The van der Waals surface area contributed by atoms with E-state index in [-0.39, 0.29) is 6.03 Å². The van der Waals surface area contributed by atoms with E-state index in [1.807, 2.05) is 19.9 Å². The Morgan fingerprint density at radius 2 is 1.81 bits per heavy atom. The molecule has 0 heterocycles. The second kappa shape index (κ2) is 8.94. The summed E-state index contributed by atoms with van der Waals surface area (Å²) in [6.45, 7) is 6.05. The first-order valence-corrected chi connectivity index (χ1v) is 7.04. The lowest BCUT2D eigenvalue weighted by atomic mass is 10.3. The van der Waals surface area contributed by atoms with Crippen LogP contribution in [0.15, 0.2) is 18.2 Å². The van der Waals surface area contributed by atoms with Crippen LogP contribution in [0.2, 0.25) is 0 Å². The first-order valence-electron chi connectivity index (χ1n) is 7.04. The van der Waals surface area contributed by atoms with E-state index in [9.17, 15) is 4.79 Å². The zero-order chi connectivity index (χ0) is 15.7. The average Bonchev–Trinajstić information content (AvgIpc) is 2.52. The molecule has 0 aliphatic heterocycles. The van der Waals surface area contributed by atoms with E-state index in [2.05, 4.69) is 5.32 Å². The SMILES string of the molecule is CCN(CC)C(=O)NCCOc1cccc(OC)c1OC. The number of ether oxygens (including phenoxy) is 3. The molecule has 6 nitrogen and oxygen atoms in total. The lowest BCUT2D eigenvalue weighted by Crippen LogP contribution is -2.41. The standard InChI is InChI=1S/C15H24N2O4/c1-5-17(6-2)15(18)16-10-11-21-13-9-7-8-12(19-3)14(13)20-4/h7-9H,5-6,10-11H2,1-4H3,(H,16,18). The van der Waals surface area contributed by atoms with Gasteiger partial charge in [0, 0.05) is 13.1 Å². The summed E-state index contributed by atoms with van der Waals surface area (Å²) < 4.78 is 16.1. The molecule has 21 heavy (non-hydrogen) atoms. The summed E-state index contributed by atoms with van der Waals surface area (Å²) in [5, 5.41) is 2.81. The minimum absolute atomic E-state index is 0.0822. The highest BCUT2D eigenvalue weighted by Crippen LogP contribution is 2.36. The number of carbonyl (C=O) groups is 1.